The Morgan fingerprint density at radius 2 is 0.800 bits per heavy atom. The third kappa shape index (κ3) is 4.54. The van der Waals surface area contributed by atoms with Crippen molar-refractivity contribution in [2.24, 2.45) is 0 Å². The second-order valence-corrected chi connectivity index (χ2v) is 15.6. The molecule has 0 amide bonds. The number of rotatable bonds is 4. The van der Waals surface area contributed by atoms with E-state index in [2.05, 4.69) is 203 Å². The van der Waals surface area contributed by atoms with Crippen LogP contribution < -0.4 is 0 Å². The molecule has 0 aliphatic carbocycles. The lowest BCUT2D eigenvalue weighted by Crippen LogP contribution is -1.96. The first-order valence-electron chi connectivity index (χ1n) is 18.8. The Labute approximate surface area is 321 Å². The topological polar surface area (TPSA) is 9.86 Å². The van der Waals surface area contributed by atoms with E-state index in [1.54, 1.807) is 0 Å². The van der Waals surface area contributed by atoms with Gasteiger partial charge in [0.05, 0.1) is 27.8 Å². The van der Waals surface area contributed by atoms with E-state index in [-0.39, 0.29) is 0 Å². The first-order chi connectivity index (χ1) is 27.3. The largest absolute Gasteiger partial charge is 0.309 e. The molecular weight excluding hydrogens is 685 g/mol. The average Bonchev–Trinajstić information content (AvgIpc) is 3.90. The fraction of sp³-hybridized carbons (Fsp3) is 0. The van der Waals surface area contributed by atoms with E-state index in [1.165, 1.54) is 108 Å². The minimum atomic E-state index is 1.17. The van der Waals surface area contributed by atoms with E-state index in [0.717, 1.165) is 0 Å². The van der Waals surface area contributed by atoms with Crippen LogP contribution >= 0.6 is 11.3 Å². The van der Waals surface area contributed by atoms with Crippen LogP contribution in [0.15, 0.2) is 194 Å². The van der Waals surface area contributed by atoms with Gasteiger partial charge in [0.25, 0.3) is 0 Å². The molecule has 12 rings (SSSR count). The molecule has 0 atom stereocenters. The lowest BCUT2D eigenvalue weighted by atomic mass is 9.96. The molecule has 3 heteroatoms. The van der Waals surface area contributed by atoms with Gasteiger partial charge in [-0.2, -0.15) is 0 Å². The molecule has 55 heavy (non-hydrogen) atoms. The summed E-state index contributed by atoms with van der Waals surface area (Å²) in [5.41, 5.74) is 12.1. The fourth-order valence-electron chi connectivity index (χ4n) is 9.04. The molecule has 256 valence electrons. The number of nitrogens with zero attached hydrogens (tertiary/aromatic N) is 2. The van der Waals surface area contributed by atoms with Crippen molar-refractivity contribution in [2.75, 3.05) is 0 Å². The molecule has 12 aromatic rings. The van der Waals surface area contributed by atoms with E-state index < -0.39 is 0 Å². The van der Waals surface area contributed by atoms with Crippen LogP contribution in [0.4, 0.5) is 0 Å². The standard InChI is InChI=1S/C52H32N2S/c1-2-12-36(13-3-1)53-46-19-9-6-16-40(46)42-25-22-33(30-49(42)53)34-23-26-43-41-17-7-10-20-47(41)54(50(43)31-34)48-29-28-37(38-14-4-5-15-39(38)48)35-24-27-45-44-18-8-11-21-51(44)55-52(45)32-35/h1-32H. The predicted octanol–water partition coefficient (Wildman–Crippen LogP) is 14.7. The van der Waals surface area contributed by atoms with Gasteiger partial charge in [0.15, 0.2) is 0 Å². The summed E-state index contributed by atoms with van der Waals surface area (Å²) < 4.78 is 7.54. The first-order valence-corrected chi connectivity index (χ1v) is 19.7. The minimum Gasteiger partial charge on any atom is -0.309 e. The smallest absolute Gasteiger partial charge is 0.0547 e. The number of benzene rings is 9. The van der Waals surface area contributed by atoms with E-state index in [1.807, 2.05) is 11.3 Å². The molecule has 0 fully saturated rings. The predicted molar refractivity (Wildman–Crippen MR) is 236 cm³/mol. The van der Waals surface area contributed by atoms with Crippen LogP contribution in [0.5, 0.6) is 0 Å². The molecule has 0 saturated carbocycles. The minimum absolute atomic E-state index is 1.17. The molecule has 0 aliphatic rings. The zero-order valence-corrected chi connectivity index (χ0v) is 30.6. The van der Waals surface area contributed by atoms with Crippen LogP contribution in [-0.2, 0) is 0 Å². The molecule has 0 bridgehead atoms. The lowest BCUT2D eigenvalue weighted by Gasteiger charge is -2.15. The monoisotopic (exact) mass is 716 g/mol. The highest BCUT2D eigenvalue weighted by atomic mass is 32.1. The van der Waals surface area contributed by atoms with Gasteiger partial charge in [-0.15, -0.1) is 11.3 Å². The normalized spacial score (nSPS) is 12.0. The van der Waals surface area contributed by atoms with Gasteiger partial charge in [-0.05, 0) is 82.2 Å². The molecule has 0 unspecified atom stereocenters. The number of fused-ring (bicyclic) bond motifs is 10. The second-order valence-electron chi connectivity index (χ2n) is 14.5. The van der Waals surface area contributed by atoms with Crippen LogP contribution in [0.25, 0.3) is 108 Å². The number of para-hydroxylation sites is 3. The molecule has 0 N–H and O–H groups in total. The molecule has 0 aliphatic heterocycles. The van der Waals surface area contributed by atoms with Crippen LogP contribution in [0.1, 0.15) is 0 Å². The van der Waals surface area contributed by atoms with Crippen molar-refractivity contribution >= 4 is 85.9 Å². The quantitative estimate of drug-likeness (QED) is 0.172. The Bertz CT molecular complexity index is 3490. The summed E-state index contributed by atoms with van der Waals surface area (Å²) in [5, 5.41) is 10.2. The van der Waals surface area contributed by atoms with E-state index >= 15 is 0 Å². The van der Waals surface area contributed by atoms with Crippen molar-refractivity contribution in [3.05, 3.63) is 194 Å². The maximum absolute atomic E-state index is 2.48. The number of hydrogen-bond acceptors (Lipinski definition) is 1. The Hall–Kier alpha value is -6.94. The lowest BCUT2D eigenvalue weighted by molar-refractivity contribution is 1.18. The van der Waals surface area contributed by atoms with Crippen LogP contribution in [0.3, 0.4) is 0 Å². The van der Waals surface area contributed by atoms with Crippen molar-refractivity contribution in [1.82, 2.24) is 9.13 Å². The maximum Gasteiger partial charge on any atom is 0.0547 e. The zero-order valence-electron chi connectivity index (χ0n) is 29.8. The van der Waals surface area contributed by atoms with E-state index in [0.29, 0.717) is 0 Å². The van der Waals surface area contributed by atoms with E-state index in [4.69, 9.17) is 0 Å². The fourth-order valence-corrected chi connectivity index (χ4v) is 10.2. The molecule has 3 aromatic heterocycles. The van der Waals surface area contributed by atoms with Gasteiger partial charge in [0.1, 0.15) is 0 Å². The Morgan fingerprint density at radius 1 is 0.291 bits per heavy atom. The summed E-state index contributed by atoms with van der Waals surface area (Å²) >= 11 is 1.87. The van der Waals surface area contributed by atoms with Gasteiger partial charge in [-0.3, -0.25) is 0 Å². The third-order valence-electron chi connectivity index (χ3n) is 11.5. The van der Waals surface area contributed by atoms with Crippen molar-refractivity contribution in [1.29, 1.82) is 0 Å². The first kappa shape index (κ1) is 30.5. The number of thiophene rings is 1. The third-order valence-corrected chi connectivity index (χ3v) is 12.7. The second kappa shape index (κ2) is 11.8. The van der Waals surface area contributed by atoms with Crippen LogP contribution in [-0.4, -0.2) is 9.13 Å². The molecule has 2 nitrogen and oxygen atoms in total. The summed E-state index contributed by atoms with van der Waals surface area (Å²) in [4.78, 5) is 0. The summed E-state index contributed by atoms with van der Waals surface area (Å²) in [5.74, 6) is 0. The summed E-state index contributed by atoms with van der Waals surface area (Å²) in [6, 6.07) is 71.5. The van der Waals surface area contributed by atoms with Gasteiger partial charge in [0, 0.05) is 52.8 Å². The summed E-state index contributed by atoms with van der Waals surface area (Å²) in [6.07, 6.45) is 0. The summed E-state index contributed by atoms with van der Waals surface area (Å²) in [6.45, 7) is 0. The van der Waals surface area contributed by atoms with Crippen molar-refractivity contribution in [3.8, 4) is 33.6 Å². The summed E-state index contributed by atoms with van der Waals surface area (Å²) in [7, 11) is 0. The molecular formula is C52H32N2S. The van der Waals surface area contributed by atoms with Gasteiger partial charge in [-0.25, -0.2) is 0 Å². The Morgan fingerprint density at radius 3 is 1.53 bits per heavy atom. The molecule has 0 radical (unpaired) electrons. The molecule has 3 heterocycles. The van der Waals surface area contributed by atoms with Crippen molar-refractivity contribution < 1.29 is 0 Å². The van der Waals surface area contributed by atoms with Crippen molar-refractivity contribution in [2.45, 2.75) is 0 Å². The van der Waals surface area contributed by atoms with Crippen LogP contribution in [0.2, 0.25) is 0 Å². The maximum atomic E-state index is 2.48. The molecule has 0 saturated heterocycles. The molecule has 0 spiro atoms. The van der Waals surface area contributed by atoms with Gasteiger partial charge in [-0.1, -0.05) is 140 Å². The highest BCUT2D eigenvalue weighted by Gasteiger charge is 2.18. The van der Waals surface area contributed by atoms with Gasteiger partial charge >= 0.3 is 0 Å². The average molecular weight is 717 g/mol. The SMILES string of the molecule is c1ccc(-n2c3ccccc3c3ccc(-c4ccc5c6ccccc6n(-c6ccc(-c7ccc8c(c7)sc7ccccc78)c7ccccc67)c5c4)cc32)cc1. The highest BCUT2D eigenvalue weighted by Crippen LogP contribution is 2.42. The Balaban J connectivity index is 1.06. The van der Waals surface area contributed by atoms with Gasteiger partial charge in [0.2, 0.25) is 0 Å². The van der Waals surface area contributed by atoms with Gasteiger partial charge < -0.3 is 9.13 Å². The number of aromatic nitrogens is 2. The Kier molecular flexibility index (Phi) is 6.54. The highest BCUT2D eigenvalue weighted by molar-refractivity contribution is 7.25. The number of hydrogen-bond donors (Lipinski definition) is 0. The van der Waals surface area contributed by atoms with E-state index in [9.17, 15) is 0 Å². The van der Waals surface area contributed by atoms with Crippen molar-refractivity contribution in [3.63, 3.8) is 0 Å². The van der Waals surface area contributed by atoms with Crippen LogP contribution in [0, 0.1) is 0 Å². The molecule has 9 aromatic carbocycles. The zero-order chi connectivity index (χ0) is 36.0.